The normalized spacial score (nSPS) is 12.3. The second kappa shape index (κ2) is 7.49. The van der Waals surface area contributed by atoms with Crippen molar-refractivity contribution in [3.8, 4) is 22.4 Å². The van der Waals surface area contributed by atoms with E-state index >= 15 is 0 Å². The second-order valence-corrected chi connectivity index (χ2v) is 7.42. The van der Waals surface area contributed by atoms with E-state index in [1.807, 2.05) is 50.3 Å². The van der Waals surface area contributed by atoms with Crippen LogP contribution in [0.25, 0.3) is 33.3 Å². The number of rotatable bonds is 5. The second-order valence-electron chi connectivity index (χ2n) is 7.42. The van der Waals surface area contributed by atoms with Crippen LogP contribution in [0.15, 0.2) is 72.9 Å². The standard InChI is InChI=1S/C24H25N3O/c1-17(28)16-27-22-7-5-4-6-20(22)14-23(27)19-10-8-18(9-11-19)21-12-13-24(25-15-21)26(2)3/h4-15,17,28H,16H2,1-3H3. The van der Waals surface area contributed by atoms with Gasteiger partial charge in [-0.2, -0.15) is 0 Å². The SMILES string of the molecule is CC(O)Cn1c(-c2ccc(-c3ccc(N(C)C)nc3)cc2)cc2ccccc21. The molecule has 28 heavy (non-hydrogen) atoms. The van der Waals surface area contributed by atoms with Gasteiger partial charge in [-0.1, -0.05) is 42.5 Å². The molecule has 4 aromatic rings. The molecule has 4 rings (SSSR count). The number of benzene rings is 2. The molecular formula is C24H25N3O. The van der Waals surface area contributed by atoms with Crippen molar-refractivity contribution in [3.05, 3.63) is 72.9 Å². The molecule has 0 aliphatic heterocycles. The van der Waals surface area contributed by atoms with E-state index in [1.54, 1.807) is 0 Å². The van der Waals surface area contributed by atoms with E-state index in [-0.39, 0.29) is 0 Å². The molecule has 0 amide bonds. The number of para-hydroxylation sites is 1. The fourth-order valence-corrected chi connectivity index (χ4v) is 3.57. The van der Waals surface area contributed by atoms with Gasteiger partial charge in [-0.15, -0.1) is 0 Å². The Morgan fingerprint density at radius 1 is 0.929 bits per heavy atom. The van der Waals surface area contributed by atoms with Gasteiger partial charge in [0, 0.05) is 49.0 Å². The summed E-state index contributed by atoms with van der Waals surface area (Å²) in [5.74, 6) is 0.947. The lowest BCUT2D eigenvalue weighted by molar-refractivity contribution is 0.176. The Morgan fingerprint density at radius 2 is 1.61 bits per heavy atom. The largest absolute Gasteiger partial charge is 0.392 e. The van der Waals surface area contributed by atoms with Crippen molar-refractivity contribution >= 4 is 16.7 Å². The van der Waals surface area contributed by atoms with E-state index < -0.39 is 6.10 Å². The summed E-state index contributed by atoms with van der Waals surface area (Å²) < 4.78 is 2.20. The van der Waals surface area contributed by atoms with Gasteiger partial charge in [0.2, 0.25) is 0 Å². The zero-order chi connectivity index (χ0) is 19.7. The van der Waals surface area contributed by atoms with E-state index in [0.29, 0.717) is 6.54 Å². The third-order valence-electron chi connectivity index (χ3n) is 4.98. The highest BCUT2D eigenvalue weighted by atomic mass is 16.3. The van der Waals surface area contributed by atoms with E-state index in [0.717, 1.165) is 33.7 Å². The maximum Gasteiger partial charge on any atom is 0.127 e. The molecule has 0 aliphatic rings. The summed E-state index contributed by atoms with van der Waals surface area (Å²) in [6.45, 7) is 2.40. The lowest BCUT2D eigenvalue weighted by Gasteiger charge is -2.14. The molecule has 2 aromatic carbocycles. The molecule has 2 heterocycles. The van der Waals surface area contributed by atoms with Crippen molar-refractivity contribution in [2.45, 2.75) is 19.6 Å². The first-order chi connectivity index (χ1) is 13.5. The monoisotopic (exact) mass is 371 g/mol. The Hall–Kier alpha value is -3.11. The maximum absolute atomic E-state index is 9.98. The predicted octanol–water partition coefficient (Wildman–Crippen LogP) is 4.82. The van der Waals surface area contributed by atoms with Crippen molar-refractivity contribution < 1.29 is 5.11 Å². The van der Waals surface area contributed by atoms with Crippen molar-refractivity contribution in [1.29, 1.82) is 0 Å². The number of aliphatic hydroxyl groups excluding tert-OH is 1. The zero-order valence-corrected chi connectivity index (χ0v) is 16.5. The van der Waals surface area contributed by atoms with Crippen molar-refractivity contribution in [2.75, 3.05) is 19.0 Å². The molecule has 0 fully saturated rings. The molecule has 1 atom stereocenters. The smallest absolute Gasteiger partial charge is 0.127 e. The molecule has 0 bridgehead atoms. The van der Waals surface area contributed by atoms with Crippen LogP contribution in [0.2, 0.25) is 0 Å². The Morgan fingerprint density at radius 3 is 2.25 bits per heavy atom. The van der Waals surface area contributed by atoms with Gasteiger partial charge in [-0.05, 0) is 42.3 Å². The Balaban J connectivity index is 1.71. The minimum atomic E-state index is -0.407. The summed E-state index contributed by atoms with van der Waals surface area (Å²) in [6.07, 6.45) is 1.50. The Kier molecular flexibility index (Phi) is 4.88. The van der Waals surface area contributed by atoms with Gasteiger partial charge in [0.15, 0.2) is 0 Å². The van der Waals surface area contributed by atoms with Gasteiger partial charge in [-0.25, -0.2) is 4.98 Å². The van der Waals surface area contributed by atoms with Crippen LogP contribution in [-0.4, -0.2) is 34.9 Å². The summed E-state index contributed by atoms with van der Waals surface area (Å²) in [5, 5.41) is 11.2. The van der Waals surface area contributed by atoms with Crippen molar-refractivity contribution in [2.24, 2.45) is 0 Å². The number of aliphatic hydroxyl groups is 1. The van der Waals surface area contributed by atoms with Gasteiger partial charge in [0.25, 0.3) is 0 Å². The van der Waals surface area contributed by atoms with Gasteiger partial charge in [-0.3, -0.25) is 0 Å². The van der Waals surface area contributed by atoms with Gasteiger partial charge in [0.05, 0.1) is 6.10 Å². The number of fused-ring (bicyclic) bond motifs is 1. The molecule has 0 aliphatic carbocycles. The van der Waals surface area contributed by atoms with Crippen molar-refractivity contribution in [1.82, 2.24) is 9.55 Å². The highest BCUT2D eigenvalue weighted by Gasteiger charge is 2.12. The minimum absolute atomic E-state index is 0.407. The average molecular weight is 371 g/mol. The van der Waals surface area contributed by atoms with Gasteiger partial charge >= 0.3 is 0 Å². The third-order valence-corrected chi connectivity index (χ3v) is 4.98. The molecule has 142 valence electrons. The molecule has 4 nitrogen and oxygen atoms in total. The fourth-order valence-electron chi connectivity index (χ4n) is 3.57. The molecule has 0 radical (unpaired) electrons. The zero-order valence-electron chi connectivity index (χ0n) is 16.5. The summed E-state index contributed by atoms with van der Waals surface area (Å²) in [7, 11) is 3.98. The maximum atomic E-state index is 9.98. The van der Waals surface area contributed by atoms with Gasteiger partial charge < -0.3 is 14.6 Å². The quantitative estimate of drug-likeness (QED) is 0.547. The molecule has 1 N–H and O–H groups in total. The fraction of sp³-hybridized carbons (Fsp3) is 0.208. The number of hydrogen-bond acceptors (Lipinski definition) is 3. The lowest BCUT2D eigenvalue weighted by Crippen LogP contribution is -2.12. The number of pyridine rings is 1. The molecule has 0 saturated heterocycles. The number of aromatic nitrogens is 2. The van der Waals surface area contributed by atoms with Crippen molar-refractivity contribution in [3.63, 3.8) is 0 Å². The van der Waals surface area contributed by atoms with Crippen LogP contribution in [0, 0.1) is 0 Å². The number of anilines is 1. The first-order valence-corrected chi connectivity index (χ1v) is 9.53. The highest BCUT2D eigenvalue weighted by Crippen LogP contribution is 2.30. The van der Waals surface area contributed by atoms with Crippen LogP contribution in [0.1, 0.15) is 6.92 Å². The number of hydrogen-bond donors (Lipinski definition) is 1. The van der Waals surface area contributed by atoms with E-state index in [1.165, 1.54) is 5.39 Å². The lowest BCUT2D eigenvalue weighted by atomic mass is 10.0. The molecular weight excluding hydrogens is 346 g/mol. The molecule has 4 heteroatoms. The van der Waals surface area contributed by atoms with E-state index in [4.69, 9.17) is 0 Å². The predicted molar refractivity (Wildman–Crippen MR) is 117 cm³/mol. The molecule has 1 unspecified atom stereocenters. The Bertz CT molecular complexity index is 1080. The van der Waals surface area contributed by atoms with Gasteiger partial charge in [0.1, 0.15) is 5.82 Å². The first-order valence-electron chi connectivity index (χ1n) is 9.53. The van der Waals surface area contributed by atoms with Crippen LogP contribution >= 0.6 is 0 Å². The third kappa shape index (κ3) is 3.51. The van der Waals surface area contributed by atoms with E-state index in [2.05, 4.69) is 58.1 Å². The van der Waals surface area contributed by atoms with Crippen LogP contribution < -0.4 is 4.90 Å². The topological polar surface area (TPSA) is 41.3 Å². The van der Waals surface area contributed by atoms with Crippen LogP contribution in [0.3, 0.4) is 0 Å². The molecule has 2 aromatic heterocycles. The van der Waals surface area contributed by atoms with E-state index in [9.17, 15) is 5.11 Å². The molecule has 0 saturated carbocycles. The summed E-state index contributed by atoms with van der Waals surface area (Å²) in [4.78, 5) is 6.50. The summed E-state index contributed by atoms with van der Waals surface area (Å²) >= 11 is 0. The van der Waals surface area contributed by atoms with Crippen LogP contribution in [0.5, 0.6) is 0 Å². The Labute approximate surface area is 165 Å². The number of nitrogens with zero attached hydrogens (tertiary/aromatic N) is 3. The highest BCUT2D eigenvalue weighted by molar-refractivity contribution is 5.87. The van der Waals surface area contributed by atoms with Crippen LogP contribution in [0.4, 0.5) is 5.82 Å². The van der Waals surface area contributed by atoms with Crippen LogP contribution in [-0.2, 0) is 6.54 Å². The minimum Gasteiger partial charge on any atom is -0.392 e. The molecule has 0 spiro atoms. The summed E-state index contributed by atoms with van der Waals surface area (Å²) in [6, 6.07) is 23.2. The summed E-state index contributed by atoms with van der Waals surface area (Å²) in [5.41, 5.74) is 5.64. The first kappa shape index (κ1) is 18.3. The average Bonchev–Trinajstić information content (AvgIpc) is 3.06.